The molecule has 1 unspecified atom stereocenters. The minimum Gasteiger partial charge on any atom is -0.495 e. The Kier molecular flexibility index (Phi) is 5.94. The molecular formula is C26H30ClN7O. The first-order valence-corrected chi connectivity index (χ1v) is 11.9. The Morgan fingerprint density at radius 3 is 2.69 bits per heavy atom. The van der Waals surface area contributed by atoms with Crippen molar-refractivity contribution < 1.29 is 4.74 Å². The van der Waals surface area contributed by atoms with E-state index in [9.17, 15) is 0 Å². The number of halogens is 1. The van der Waals surface area contributed by atoms with Crippen molar-refractivity contribution >= 4 is 39.6 Å². The molecule has 1 atom stereocenters. The van der Waals surface area contributed by atoms with Gasteiger partial charge in [0.1, 0.15) is 5.75 Å². The number of nitrogens with two attached hydrogens (primary N) is 2. The molecular weight excluding hydrogens is 462 g/mol. The van der Waals surface area contributed by atoms with Gasteiger partial charge in [-0.05, 0) is 38.7 Å². The summed E-state index contributed by atoms with van der Waals surface area (Å²) in [7, 11) is 7.85. The number of aromatic nitrogens is 3. The van der Waals surface area contributed by atoms with Crippen LogP contribution >= 0.6 is 11.6 Å². The Balaban J connectivity index is 1.62. The number of hydrogen-bond donors (Lipinski definition) is 2. The first-order chi connectivity index (χ1) is 16.8. The molecule has 0 saturated carbocycles. The Morgan fingerprint density at radius 2 is 1.97 bits per heavy atom. The molecule has 1 fully saturated rings. The second-order valence-electron chi connectivity index (χ2n) is 9.21. The van der Waals surface area contributed by atoms with Crippen LogP contribution in [0, 0.1) is 0 Å². The Labute approximate surface area is 210 Å². The fourth-order valence-corrected chi connectivity index (χ4v) is 5.19. The first kappa shape index (κ1) is 23.3. The molecule has 8 nitrogen and oxygen atoms in total. The standard InChI is InChI=1S/C26H30ClN7O/c1-32(2)15-10-11-34(13-15)20-9-8-19(28)22(23(20)29)26-30-12-18(27)24(31-26)17-14-33(3)25-16(17)6-5-7-21(25)35-4/h5-9,12,14-15H,10-11,13,28-29H2,1-4H3. The number of nitrogens with zero attached hydrogens (tertiary/aromatic N) is 5. The van der Waals surface area contributed by atoms with Crippen LogP contribution in [0.25, 0.3) is 33.5 Å². The summed E-state index contributed by atoms with van der Waals surface area (Å²) < 4.78 is 7.58. The average molecular weight is 492 g/mol. The summed E-state index contributed by atoms with van der Waals surface area (Å²) in [4.78, 5) is 14.0. The number of anilines is 3. The number of benzene rings is 2. The van der Waals surface area contributed by atoms with Crippen LogP contribution in [0.2, 0.25) is 5.02 Å². The fourth-order valence-electron chi connectivity index (χ4n) is 4.99. The molecule has 4 N–H and O–H groups in total. The number of hydrogen-bond acceptors (Lipinski definition) is 7. The number of methoxy groups -OCH3 is 1. The molecule has 182 valence electrons. The SMILES string of the molecule is COc1cccc2c(-c3nc(-c4c(N)ccc(N5CCC(N(C)C)C5)c4N)ncc3Cl)cn(C)c12. The van der Waals surface area contributed by atoms with E-state index in [1.54, 1.807) is 13.3 Å². The van der Waals surface area contributed by atoms with Gasteiger partial charge in [-0.15, -0.1) is 0 Å². The highest BCUT2D eigenvalue weighted by atomic mass is 35.5. The van der Waals surface area contributed by atoms with E-state index in [1.165, 1.54) is 0 Å². The van der Waals surface area contributed by atoms with Crippen molar-refractivity contribution in [2.45, 2.75) is 12.5 Å². The maximum atomic E-state index is 6.71. The van der Waals surface area contributed by atoms with E-state index in [2.05, 4.69) is 28.9 Å². The van der Waals surface area contributed by atoms with Gasteiger partial charge < -0.3 is 30.6 Å². The summed E-state index contributed by atoms with van der Waals surface area (Å²) in [6, 6.07) is 10.3. The molecule has 0 bridgehead atoms. The largest absolute Gasteiger partial charge is 0.495 e. The van der Waals surface area contributed by atoms with E-state index in [0.29, 0.717) is 39.5 Å². The van der Waals surface area contributed by atoms with Gasteiger partial charge in [0.15, 0.2) is 5.82 Å². The fraction of sp³-hybridized carbons (Fsp3) is 0.308. The number of para-hydroxylation sites is 1. The molecule has 3 heterocycles. The van der Waals surface area contributed by atoms with E-state index >= 15 is 0 Å². The van der Waals surface area contributed by atoms with Crippen molar-refractivity contribution in [2.75, 3.05) is 50.7 Å². The van der Waals surface area contributed by atoms with E-state index < -0.39 is 0 Å². The van der Waals surface area contributed by atoms with E-state index in [1.807, 2.05) is 48.1 Å². The van der Waals surface area contributed by atoms with Crippen LogP contribution < -0.4 is 21.1 Å². The van der Waals surface area contributed by atoms with Crippen LogP contribution in [0.1, 0.15) is 6.42 Å². The van der Waals surface area contributed by atoms with Crippen LogP contribution in [0.15, 0.2) is 42.7 Å². The van der Waals surface area contributed by atoms with Crippen molar-refractivity contribution in [1.82, 2.24) is 19.4 Å². The second kappa shape index (κ2) is 8.94. The number of likely N-dealkylation sites (N-methyl/N-ethyl adjacent to an activating group) is 1. The van der Waals surface area contributed by atoms with Gasteiger partial charge in [-0.2, -0.15) is 0 Å². The topological polar surface area (TPSA) is 98.5 Å². The van der Waals surface area contributed by atoms with Gasteiger partial charge in [-0.1, -0.05) is 23.7 Å². The molecule has 1 aliphatic heterocycles. The molecule has 4 aromatic rings. The molecule has 9 heteroatoms. The monoisotopic (exact) mass is 491 g/mol. The Hall–Kier alpha value is -3.49. The number of aryl methyl sites for hydroxylation is 1. The summed E-state index contributed by atoms with van der Waals surface area (Å²) in [6.45, 7) is 1.84. The minimum absolute atomic E-state index is 0.449. The number of fused-ring (bicyclic) bond motifs is 1. The van der Waals surface area contributed by atoms with Crippen molar-refractivity contribution in [3.05, 3.63) is 47.7 Å². The zero-order valence-electron chi connectivity index (χ0n) is 20.4. The van der Waals surface area contributed by atoms with E-state index in [4.69, 9.17) is 32.8 Å². The van der Waals surface area contributed by atoms with Gasteiger partial charge in [0.25, 0.3) is 0 Å². The van der Waals surface area contributed by atoms with Crippen LogP contribution in [0.4, 0.5) is 17.1 Å². The van der Waals surface area contributed by atoms with Crippen LogP contribution in [0.3, 0.4) is 0 Å². The summed E-state index contributed by atoms with van der Waals surface area (Å²) in [5.74, 6) is 1.23. The lowest BCUT2D eigenvalue weighted by molar-refractivity contribution is 0.315. The van der Waals surface area contributed by atoms with Crippen LogP contribution in [0.5, 0.6) is 5.75 Å². The molecule has 0 aliphatic carbocycles. The smallest absolute Gasteiger partial charge is 0.164 e. The highest BCUT2D eigenvalue weighted by Gasteiger charge is 2.27. The minimum atomic E-state index is 0.449. The predicted molar refractivity (Wildman–Crippen MR) is 144 cm³/mol. The summed E-state index contributed by atoms with van der Waals surface area (Å²) >= 11 is 6.62. The quantitative estimate of drug-likeness (QED) is 0.402. The zero-order valence-corrected chi connectivity index (χ0v) is 21.2. The lowest BCUT2D eigenvalue weighted by Gasteiger charge is -2.24. The molecule has 0 amide bonds. The third kappa shape index (κ3) is 3.92. The third-order valence-corrected chi connectivity index (χ3v) is 7.17. The summed E-state index contributed by atoms with van der Waals surface area (Å²) in [5, 5.41) is 1.44. The maximum Gasteiger partial charge on any atom is 0.164 e. The predicted octanol–water partition coefficient (Wildman–Crippen LogP) is 4.27. The first-order valence-electron chi connectivity index (χ1n) is 11.5. The number of ether oxygens (including phenoxy) is 1. The highest BCUT2D eigenvalue weighted by molar-refractivity contribution is 6.33. The van der Waals surface area contributed by atoms with Crippen molar-refractivity contribution in [2.24, 2.45) is 7.05 Å². The summed E-state index contributed by atoms with van der Waals surface area (Å²) in [5.41, 5.74) is 18.3. The molecule has 5 rings (SSSR count). The third-order valence-electron chi connectivity index (χ3n) is 6.90. The van der Waals surface area contributed by atoms with Crippen molar-refractivity contribution in [1.29, 1.82) is 0 Å². The lowest BCUT2D eigenvalue weighted by atomic mass is 10.1. The maximum absolute atomic E-state index is 6.71. The van der Waals surface area contributed by atoms with Gasteiger partial charge in [0, 0.05) is 49.0 Å². The van der Waals surface area contributed by atoms with Gasteiger partial charge in [-0.3, -0.25) is 0 Å². The molecule has 1 aliphatic rings. The lowest BCUT2D eigenvalue weighted by Crippen LogP contribution is -2.31. The van der Waals surface area contributed by atoms with Crippen LogP contribution in [-0.2, 0) is 7.05 Å². The van der Waals surface area contributed by atoms with Crippen molar-refractivity contribution in [3.63, 3.8) is 0 Å². The number of rotatable bonds is 5. The van der Waals surface area contributed by atoms with E-state index in [0.717, 1.165) is 47.4 Å². The molecule has 35 heavy (non-hydrogen) atoms. The van der Waals surface area contributed by atoms with Gasteiger partial charge in [-0.25, -0.2) is 9.97 Å². The van der Waals surface area contributed by atoms with Gasteiger partial charge in [0.2, 0.25) is 0 Å². The van der Waals surface area contributed by atoms with Crippen LogP contribution in [-0.4, -0.2) is 59.8 Å². The van der Waals surface area contributed by atoms with E-state index in [-0.39, 0.29) is 0 Å². The average Bonchev–Trinajstić information content (AvgIpc) is 3.46. The van der Waals surface area contributed by atoms with Crippen molar-refractivity contribution in [3.8, 4) is 28.4 Å². The molecule has 0 radical (unpaired) electrons. The summed E-state index contributed by atoms with van der Waals surface area (Å²) in [6.07, 6.45) is 4.69. The normalized spacial score (nSPS) is 15.9. The Morgan fingerprint density at radius 1 is 1.17 bits per heavy atom. The van der Waals surface area contributed by atoms with Gasteiger partial charge in [0.05, 0.1) is 46.5 Å². The number of nitrogen functional groups attached to an aromatic ring is 2. The molecule has 0 spiro atoms. The Bertz CT molecular complexity index is 1410. The molecule has 2 aromatic heterocycles. The highest BCUT2D eigenvalue weighted by Crippen LogP contribution is 2.41. The van der Waals surface area contributed by atoms with Gasteiger partial charge >= 0.3 is 0 Å². The molecule has 2 aromatic carbocycles. The second-order valence-corrected chi connectivity index (χ2v) is 9.62. The zero-order chi connectivity index (χ0) is 24.9. The molecule has 1 saturated heterocycles.